The van der Waals surface area contributed by atoms with Crippen molar-refractivity contribution in [3.63, 3.8) is 0 Å². The lowest BCUT2D eigenvalue weighted by atomic mass is 10.0. The molecule has 138 valence electrons. The molecule has 0 saturated heterocycles. The van der Waals surface area contributed by atoms with Crippen LogP contribution >= 0.6 is 39.3 Å². The van der Waals surface area contributed by atoms with Crippen LogP contribution in [0.4, 0.5) is 5.69 Å². The maximum atomic E-state index is 13.0. The van der Waals surface area contributed by atoms with Gasteiger partial charge in [-0.25, -0.2) is 9.78 Å². The second-order valence-electron chi connectivity index (χ2n) is 6.14. The van der Waals surface area contributed by atoms with Gasteiger partial charge in [0.25, 0.3) is 5.56 Å². The molecule has 0 bridgehead atoms. The van der Waals surface area contributed by atoms with Gasteiger partial charge < -0.3 is 5.32 Å². The molecule has 0 aliphatic carbocycles. The fourth-order valence-corrected chi connectivity index (χ4v) is 4.61. The van der Waals surface area contributed by atoms with Gasteiger partial charge in [0.2, 0.25) is 0 Å². The molecule has 0 unspecified atom stereocenters. The van der Waals surface area contributed by atoms with Crippen molar-refractivity contribution < 1.29 is 0 Å². The highest BCUT2D eigenvalue weighted by Gasteiger charge is 2.30. The Morgan fingerprint density at radius 1 is 1.11 bits per heavy atom. The van der Waals surface area contributed by atoms with E-state index >= 15 is 0 Å². The number of nitrogens with zero attached hydrogens (tertiary/aromatic N) is 3. The molecule has 1 aliphatic heterocycles. The van der Waals surface area contributed by atoms with Crippen molar-refractivity contribution in [1.82, 2.24) is 14.1 Å². The molecule has 4 rings (SSSR count). The molecule has 0 saturated carbocycles. The normalized spacial score (nSPS) is 15.5. The Hall–Kier alpha value is -2.03. The van der Waals surface area contributed by atoms with Gasteiger partial charge in [0.05, 0.1) is 22.3 Å². The SMILES string of the molecule is Cn1c2c(c(=O)n(C)c1=O)[C@H](c1ccc(Br)cc1)Nc1ccc(Cl)nc1S2. The van der Waals surface area contributed by atoms with Gasteiger partial charge in [-0.05, 0) is 41.6 Å². The molecule has 27 heavy (non-hydrogen) atoms. The van der Waals surface area contributed by atoms with Crippen molar-refractivity contribution in [2.45, 2.75) is 16.1 Å². The molecule has 3 heterocycles. The number of rotatable bonds is 1. The fraction of sp³-hybridized carbons (Fsp3) is 0.167. The maximum Gasteiger partial charge on any atom is 0.331 e. The van der Waals surface area contributed by atoms with Gasteiger partial charge in [0.1, 0.15) is 10.2 Å². The summed E-state index contributed by atoms with van der Waals surface area (Å²) in [5.74, 6) is 0. The number of anilines is 1. The Labute approximate surface area is 172 Å². The summed E-state index contributed by atoms with van der Waals surface area (Å²) in [6.07, 6.45) is 0. The summed E-state index contributed by atoms with van der Waals surface area (Å²) in [5.41, 5.74) is 1.44. The average Bonchev–Trinajstić information content (AvgIpc) is 2.82. The zero-order valence-electron chi connectivity index (χ0n) is 14.4. The van der Waals surface area contributed by atoms with Crippen LogP contribution in [0.2, 0.25) is 5.15 Å². The largest absolute Gasteiger partial charge is 0.372 e. The van der Waals surface area contributed by atoms with Crippen molar-refractivity contribution in [1.29, 1.82) is 0 Å². The molecule has 0 spiro atoms. The smallest absolute Gasteiger partial charge is 0.331 e. The first-order valence-corrected chi connectivity index (χ1v) is 10.0. The lowest BCUT2D eigenvalue weighted by Gasteiger charge is -2.21. The summed E-state index contributed by atoms with van der Waals surface area (Å²) >= 11 is 10.8. The Balaban J connectivity index is 2.05. The van der Waals surface area contributed by atoms with Crippen LogP contribution in [-0.4, -0.2) is 14.1 Å². The molecule has 1 atom stereocenters. The van der Waals surface area contributed by atoms with Gasteiger partial charge in [-0.2, -0.15) is 0 Å². The molecule has 0 radical (unpaired) electrons. The Morgan fingerprint density at radius 2 is 1.81 bits per heavy atom. The van der Waals surface area contributed by atoms with E-state index < -0.39 is 6.04 Å². The summed E-state index contributed by atoms with van der Waals surface area (Å²) in [5, 5.41) is 4.93. The molecule has 0 fully saturated rings. The van der Waals surface area contributed by atoms with Crippen molar-refractivity contribution >= 4 is 45.0 Å². The predicted octanol–water partition coefficient (Wildman–Crippen LogP) is 3.56. The number of hydrogen-bond donors (Lipinski definition) is 1. The number of benzene rings is 1. The van der Waals surface area contributed by atoms with E-state index in [0.29, 0.717) is 20.8 Å². The van der Waals surface area contributed by atoms with Gasteiger partial charge in [0, 0.05) is 18.6 Å². The van der Waals surface area contributed by atoms with Gasteiger partial charge >= 0.3 is 5.69 Å². The van der Waals surface area contributed by atoms with Crippen LogP contribution in [-0.2, 0) is 14.1 Å². The zero-order valence-corrected chi connectivity index (χ0v) is 17.5. The summed E-state index contributed by atoms with van der Waals surface area (Å²) in [6, 6.07) is 10.8. The summed E-state index contributed by atoms with van der Waals surface area (Å²) in [4.78, 5) is 29.9. The standard InChI is InChI=1S/C18H14BrClN4O2S/c1-23-16(25)13-14(9-3-5-10(19)6-4-9)21-11-7-8-12(20)22-15(11)27-17(13)24(2)18(23)26/h3-8,14,21H,1-2H3/t14-/m0/s1. The lowest BCUT2D eigenvalue weighted by molar-refractivity contribution is 0.608. The molecule has 2 aromatic heterocycles. The molecule has 0 amide bonds. The highest BCUT2D eigenvalue weighted by atomic mass is 79.9. The minimum Gasteiger partial charge on any atom is -0.372 e. The molecule has 6 nitrogen and oxygen atoms in total. The zero-order chi connectivity index (χ0) is 19.3. The van der Waals surface area contributed by atoms with Gasteiger partial charge in [-0.1, -0.05) is 39.7 Å². The Kier molecular flexibility index (Phi) is 4.65. The monoisotopic (exact) mass is 464 g/mol. The first-order chi connectivity index (χ1) is 12.9. The van der Waals surface area contributed by atoms with Crippen LogP contribution in [0.5, 0.6) is 0 Å². The molecule has 1 N–H and O–H groups in total. The number of hydrogen-bond acceptors (Lipinski definition) is 5. The third-order valence-corrected chi connectivity index (χ3v) is 6.39. The molecule has 9 heteroatoms. The number of nitrogens with one attached hydrogen (secondary N) is 1. The minimum absolute atomic E-state index is 0.333. The lowest BCUT2D eigenvalue weighted by Crippen LogP contribution is -2.41. The first kappa shape index (κ1) is 18.3. The third kappa shape index (κ3) is 3.11. The molecular weight excluding hydrogens is 452 g/mol. The third-order valence-electron chi connectivity index (χ3n) is 4.46. The van der Waals surface area contributed by atoms with Crippen molar-refractivity contribution in [3.05, 3.63) is 78.0 Å². The first-order valence-electron chi connectivity index (χ1n) is 8.03. The van der Waals surface area contributed by atoms with Crippen LogP contribution in [0.25, 0.3) is 0 Å². The number of fused-ring (bicyclic) bond motifs is 2. The second kappa shape index (κ2) is 6.85. The van der Waals surface area contributed by atoms with Crippen LogP contribution in [0, 0.1) is 0 Å². The highest BCUT2D eigenvalue weighted by Crippen LogP contribution is 2.42. The molecular formula is C18H14BrClN4O2S. The summed E-state index contributed by atoms with van der Waals surface area (Å²) in [7, 11) is 3.14. The molecule has 3 aromatic rings. The second-order valence-corrected chi connectivity index (χ2v) is 8.42. The quantitative estimate of drug-likeness (QED) is 0.440. The maximum absolute atomic E-state index is 13.0. The van der Waals surface area contributed by atoms with Crippen LogP contribution in [0.15, 0.2) is 60.5 Å². The molecule has 1 aliphatic rings. The Morgan fingerprint density at radius 3 is 2.52 bits per heavy atom. The van der Waals surface area contributed by atoms with Crippen molar-refractivity contribution in [2.24, 2.45) is 14.1 Å². The number of aromatic nitrogens is 3. The molecule has 1 aromatic carbocycles. The van der Waals surface area contributed by atoms with E-state index in [-0.39, 0.29) is 11.2 Å². The van der Waals surface area contributed by atoms with E-state index in [1.807, 2.05) is 30.3 Å². The van der Waals surface area contributed by atoms with Crippen LogP contribution in [0.1, 0.15) is 17.2 Å². The topological polar surface area (TPSA) is 68.9 Å². The predicted molar refractivity (Wildman–Crippen MR) is 110 cm³/mol. The fourth-order valence-electron chi connectivity index (χ4n) is 3.05. The van der Waals surface area contributed by atoms with Crippen molar-refractivity contribution in [3.8, 4) is 0 Å². The van der Waals surface area contributed by atoms with Gasteiger partial charge in [-0.3, -0.25) is 13.9 Å². The van der Waals surface area contributed by atoms with Gasteiger partial charge in [0.15, 0.2) is 0 Å². The van der Waals surface area contributed by atoms with E-state index in [2.05, 4.69) is 26.2 Å². The average molecular weight is 466 g/mol. The van der Waals surface area contributed by atoms with Crippen molar-refractivity contribution in [2.75, 3.05) is 5.32 Å². The van der Waals surface area contributed by atoms with E-state index in [4.69, 9.17) is 11.6 Å². The van der Waals surface area contributed by atoms with E-state index in [0.717, 1.165) is 20.3 Å². The highest BCUT2D eigenvalue weighted by molar-refractivity contribution is 9.10. The number of halogens is 2. The van der Waals surface area contributed by atoms with E-state index in [9.17, 15) is 9.59 Å². The van der Waals surface area contributed by atoms with E-state index in [1.54, 1.807) is 13.1 Å². The minimum atomic E-state index is -0.435. The summed E-state index contributed by atoms with van der Waals surface area (Å²) < 4.78 is 3.55. The van der Waals surface area contributed by atoms with Crippen LogP contribution < -0.4 is 16.6 Å². The van der Waals surface area contributed by atoms with Gasteiger partial charge in [-0.15, -0.1) is 0 Å². The van der Waals surface area contributed by atoms with E-state index in [1.165, 1.54) is 23.4 Å². The van der Waals surface area contributed by atoms with Crippen LogP contribution in [0.3, 0.4) is 0 Å². The number of pyridine rings is 1. The summed E-state index contributed by atoms with van der Waals surface area (Å²) in [6.45, 7) is 0. The Bertz CT molecular complexity index is 1170.